The van der Waals surface area contributed by atoms with Crippen molar-refractivity contribution < 1.29 is 32.0 Å². The zero-order valence-electron chi connectivity index (χ0n) is 21.0. The van der Waals surface area contributed by atoms with Crippen LogP contribution in [0.5, 0.6) is 0 Å². The SMILES string of the molecule is CCN(CC)S(=O)(=O)c1cc(NC(=O)C(C)OC(=O)c2ccccc2NC(=O)c2ccco2)ccc1C. The first kappa shape index (κ1) is 27.6. The van der Waals surface area contributed by atoms with E-state index >= 15 is 0 Å². The number of benzene rings is 2. The summed E-state index contributed by atoms with van der Waals surface area (Å²) >= 11 is 0. The first-order chi connectivity index (χ1) is 17.6. The third kappa shape index (κ3) is 6.43. The molecule has 0 aliphatic heterocycles. The van der Waals surface area contributed by atoms with Gasteiger partial charge in [0.2, 0.25) is 10.0 Å². The Balaban J connectivity index is 1.72. The van der Waals surface area contributed by atoms with Crippen molar-refractivity contribution in [3.63, 3.8) is 0 Å². The molecule has 10 nitrogen and oxygen atoms in total. The molecular formula is C26H29N3O7S. The van der Waals surface area contributed by atoms with Crippen LogP contribution in [0.4, 0.5) is 11.4 Å². The number of carbonyl (C=O) groups excluding carboxylic acids is 3. The van der Waals surface area contributed by atoms with Crippen LogP contribution in [0.2, 0.25) is 0 Å². The number of aryl methyl sites for hydroxylation is 1. The highest BCUT2D eigenvalue weighted by atomic mass is 32.2. The number of esters is 1. The number of hydrogen-bond acceptors (Lipinski definition) is 7. The van der Waals surface area contributed by atoms with Gasteiger partial charge in [-0.1, -0.05) is 32.0 Å². The van der Waals surface area contributed by atoms with Crippen molar-refractivity contribution in [3.05, 3.63) is 77.7 Å². The second kappa shape index (κ2) is 11.8. The van der Waals surface area contributed by atoms with E-state index < -0.39 is 33.9 Å². The number of furan rings is 1. The largest absolute Gasteiger partial charge is 0.459 e. The van der Waals surface area contributed by atoms with E-state index in [4.69, 9.17) is 9.15 Å². The molecule has 2 amide bonds. The molecule has 3 aromatic rings. The van der Waals surface area contributed by atoms with Gasteiger partial charge in [0.15, 0.2) is 11.9 Å². The monoisotopic (exact) mass is 527 g/mol. The van der Waals surface area contributed by atoms with Gasteiger partial charge in [-0.05, 0) is 55.8 Å². The summed E-state index contributed by atoms with van der Waals surface area (Å²) in [5.41, 5.74) is 1.02. The van der Waals surface area contributed by atoms with Gasteiger partial charge in [0, 0.05) is 18.8 Å². The van der Waals surface area contributed by atoms with Gasteiger partial charge in [-0.3, -0.25) is 9.59 Å². The molecule has 2 aromatic carbocycles. The summed E-state index contributed by atoms with van der Waals surface area (Å²) in [6.07, 6.45) is 0.135. The number of hydrogen-bond donors (Lipinski definition) is 2. The summed E-state index contributed by atoms with van der Waals surface area (Å²) in [5.74, 6) is -1.96. The Morgan fingerprint density at radius 1 is 1.00 bits per heavy atom. The maximum Gasteiger partial charge on any atom is 0.341 e. The first-order valence-corrected chi connectivity index (χ1v) is 13.1. The zero-order valence-corrected chi connectivity index (χ0v) is 21.8. The topological polar surface area (TPSA) is 135 Å². The molecule has 0 spiro atoms. The van der Waals surface area contributed by atoms with E-state index in [2.05, 4.69) is 10.6 Å². The molecule has 1 atom stereocenters. The minimum absolute atomic E-state index is 0.0463. The Kier molecular flexibility index (Phi) is 8.85. The third-order valence-corrected chi connectivity index (χ3v) is 7.76. The maximum absolute atomic E-state index is 13.0. The van der Waals surface area contributed by atoms with Crippen molar-refractivity contribution in [3.8, 4) is 0 Å². The van der Waals surface area contributed by atoms with Crippen LogP contribution < -0.4 is 10.6 Å². The Morgan fingerprint density at radius 2 is 1.70 bits per heavy atom. The van der Waals surface area contributed by atoms with Crippen LogP contribution in [0.3, 0.4) is 0 Å². The summed E-state index contributed by atoms with van der Waals surface area (Å²) in [5, 5.41) is 5.18. The summed E-state index contributed by atoms with van der Waals surface area (Å²) in [4.78, 5) is 38.0. The highest BCUT2D eigenvalue weighted by Gasteiger charge is 2.26. The van der Waals surface area contributed by atoms with Crippen molar-refractivity contribution in [2.24, 2.45) is 0 Å². The van der Waals surface area contributed by atoms with Gasteiger partial charge in [-0.25, -0.2) is 13.2 Å². The van der Waals surface area contributed by atoms with Gasteiger partial charge in [0.1, 0.15) is 0 Å². The number of para-hydroxylation sites is 1. The highest BCUT2D eigenvalue weighted by molar-refractivity contribution is 7.89. The van der Waals surface area contributed by atoms with Gasteiger partial charge < -0.3 is 19.8 Å². The van der Waals surface area contributed by atoms with Gasteiger partial charge >= 0.3 is 5.97 Å². The van der Waals surface area contributed by atoms with Crippen molar-refractivity contribution >= 4 is 39.2 Å². The number of sulfonamides is 1. The lowest BCUT2D eigenvalue weighted by molar-refractivity contribution is -0.123. The van der Waals surface area contributed by atoms with E-state index in [1.807, 2.05) is 0 Å². The lowest BCUT2D eigenvalue weighted by Crippen LogP contribution is -2.32. The molecule has 1 aromatic heterocycles. The Bertz CT molecular complexity index is 1380. The smallest absolute Gasteiger partial charge is 0.341 e. The fourth-order valence-corrected chi connectivity index (χ4v) is 5.25. The van der Waals surface area contributed by atoms with Crippen molar-refractivity contribution in [1.29, 1.82) is 0 Å². The molecule has 1 heterocycles. The van der Waals surface area contributed by atoms with Gasteiger partial charge in [0.05, 0.1) is 22.4 Å². The molecular weight excluding hydrogens is 498 g/mol. The predicted molar refractivity (Wildman–Crippen MR) is 138 cm³/mol. The minimum atomic E-state index is -3.74. The van der Waals surface area contributed by atoms with Crippen LogP contribution in [0.25, 0.3) is 0 Å². The molecule has 0 radical (unpaired) electrons. The summed E-state index contributed by atoms with van der Waals surface area (Å²) < 4.78 is 37.7. The number of rotatable bonds is 10. The number of carbonyl (C=O) groups is 3. The van der Waals surface area contributed by atoms with Crippen molar-refractivity contribution in [1.82, 2.24) is 4.31 Å². The van der Waals surface area contributed by atoms with Crippen LogP contribution in [0, 0.1) is 6.92 Å². The molecule has 1 unspecified atom stereocenters. The van der Waals surface area contributed by atoms with E-state index in [9.17, 15) is 22.8 Å². The number of nitrogens with zero attached hydrogens (tertiary/aromatic N) is 1. The molecule has 0 saturated carbocycles. The molecule has 11 heteroatoms. The van der Waals surface area contributed by atoms with Gasteiger partial charge in [-0.2, -0.15) is 4.31 Å². The van der Waals surface area contributed by atoms with Crippen LogP contribution in [0.1, 0.15) is 47.2 Å². The van der Waals surface area contributed by atoms with Crippen LogP contribution in [-0.2, 0) is 19.6 Å². The van der Waals surface area contributed by atoms with Crippen LogP contribution >= 0.6 is 0 Å². The fourth-order valence-electron chi connectivity index (χ4n) is 3.54. The van der Waals surface area contributed by atoms with Crippen LogP contribution in [0.15, 0.2) is 70.2 Å². The Hall–Kier alpha value is -3.96. The molecule has 37 heavy (non-hydrogen) atoms. The molecule has 0 aliphatic carbocycles. The highest BCUT2D eigenvalue weighted by Crippen LogP contribution is 2.24. The molecule has 0 fully saturated rings. The maximum atomic E-state index is 13.0. The Labute approximate surface area is 215 Å². The summed E-state index contributed by atoms with van der Waals surface area (Å²) in [7, 11) is -3.74. The van der Waals surface area contributed by atoms with Crippen molar-refractivity contribution in [2.45, 2.75) is 38.7 Å². The van der Waals surface area contributed by atoms with E-state index in [0.717, 1.165) is 0 Å². The predicted octanol–water partition coefficient (Wildman–Crippen LogP) is 4.05. The average molecular weight is 528 g/mol. The average Bonchev–Trinajstić information content (AvgIpc) is 3.41. The van der Waals surface area contributed by atoms with E-state index in [1.54, 1.807) is 51.1 Å². The normalized spacial score (nSPS) is 12.1. The summed E-state index contributed by atoms with van der Waals surface area (Å²) in [6, 6.07) is 13.8. The number of anilines is 2. The van der Waals surface area contributed by atoms with E-state index in [0.29, 0.717) is 18.7 Å². The molecule has 196 valence electrons. The second-order valence-electron chi connectivity index (χ2n) is 8.08. The number of ether oxygens (including phenoxy) is 1. The lowest BCUT2D eigenvalue weighted by Gasteiger charge is -2.20. The van der Waals surface area contributed by atoms with Gasteiger partial charge in [0.25, 0.3) is 11.8 Å². The van der Waals surface area contributed by atoms with E-state index in [-0.39, 0.29) is 27.6 Å². The summed E-state index contributed by atoms with van der Waals surface area (Å²) in [6.45, 7) is 7.18. The van der Waals surface area contributed by atoms with Crippen molar-refractivity contribution in [2.75, 3.05) is 23.7 Å². The molecule has 0 aliphatic rings. The quantitative estimate of drug-likeness (QED) is 0.380. The first-order valence-electron chi connectivity index (χ1n) is 11.6. The minimum Gasteiger partial charge on any atom is -0.459 e. The Morgan fingerprint density at radius 3 is 2.35 bits per heavy atom. The third-order valence-electron chi connectivity index (χ3n) is 5.57. The molecule has 2 N–H and O–H groups in total. The molecule has 0 bridgehead atoms. The van der Waals surface area contributed by atoms with E-state index in [1.165, 1.54) is 41.8 Å². The van der Waals surface area contributed by atoms with Gasteiger partial charge in [-0.15, -0.1) is 0 Å². The molecule has 3 rings (SSSR count). The second-order valence-corrected chi connectivity index (χ2v) is 9.99. The fraction of sp³-hybridized carbons (Fsp3) is 0.269. The lowest BCUT2D eigenvalue weighted by atomic mass is 10.1. The standard InChI is InChI=1S/C26H29N3O7S/c1-5-29(6-2)37(33,34)23-16-19(14-13-17(23)3)27-24(30)18(4)36-26(32)20-10-7-8-11-21(20)28-25(31)22-12-9-15-35-22/h7-16,18H,5-6H2,1-4H3,(H,27,30)(H,28,31). The van der Waals surface area contributed by atoms with Crippen LogP contribution in [-0.4, -0.2) is 49.7 Å². The molecule has 0 saturated heterocycles. The number of nitrogens with one attached hydrogen (secondary N) is 2. The number of amides is 2. The zero-order chi connectivity index (χ0) is 27.2.